The van der Waals surface area contributed by atoms with Crippen LogP contribution in [0.3, 0.4) is 0 Å². The minimum Gasteiger partial charge on any atom is -0.356 e. The van der Waals surface area contributed by atoms with Gasteiger partial charge in [0.1, 0.15) is 0 Å². The zero-order valence-electron chi connectivity index (χ0n) is 20.0. The number of aryl methyl sites for hydroxylation is 2. The summed E-state index contributed by atoms with van der Waals surface area (Å²) >= 11 is 0. The molecule has 0 unspecified atom stereocenters. The van der Waals surface area contributed by atoms with Crippen LogP contribution in [0.5, 0.6) is 0 Å². The molecule has 1 aromatic rings. The quantitative estimate of drug-likeness (QED) is 0.389. The van der Waals surface area contributed by atoms with E-state index in [2.05, 4.69) is 57.2 Å². The second kappa shape index (κ2) is 13.0. The van der Waals surface area contributed by atoms with Crippen LogP contribution in [0.15, 0.2) is 6.20 Å². The lowest BCUT2D eigenvalue weighted by atomic mass is 9.89. The summed E-state index contributed by atoms with van der Waals surface area (Å²) in [6, 6.07) is 0. The van der Waals surface area contributed by atoms with Crippen LogP contribution in [0, 0.1) is 10.8 Å². The van der Waals surface area contributed by atoms with Crippen LogP contribution in [-0.2, 0) is 17.8 Å². The van der Waals surface area contributed by atoms with Crippen molar-refractivity contribution in [1.29, 1.82) is 0 Å². The van der Waals surface area contributed by atoms with Crippen LogP contribution < -0.4 is 5.32 Å². The highest BCUT2D eigenvalue weighted by atomic mass is 16.1. The summed E-state index contributed by atoms with van der Waals surface area (Å²) in [5.41, 5.74) is 1.91. The van der Waals surface area contributed by atoms with Gasteiger partial charge in [0.2, 0.25) is 5.91 Å². The Morgan fingerprint density at radius 3 is 2.17 bits per heavy atom. The first-order valence-corrected chi connectivity index (χ1v) is 11.7. The van der Waals surface area contributed by atoms with E-state index in [1.807, 2.05) is 10.9 Å². The van der Waals surface area contributed by atoms with Gasteiger partial charge in [0.25, 0.3) is 0 Å². The minimum absolute atomic E-state index is 0.155. The largest absolute Gasteiger partial charge is 0.356 e. The molecule has 0 aliphatic heterocycles. The number of carbonyl (C=O) groups is 1. The molecule has 1 aromatic heterocycles. The Labute approximate surface area is 179 Å². The molecule has 0 saturated heterocycles. The standard InChI is InChI=1S/C24H46N4O/c1-23(2,3)16-10-7-8-12-18-25-22(29)15-13-19-28-20-21(26-27-28)14-9-11-17-24(4,5)6/h20H,7-19H2,1-6H3,(H,25,29). The topological polar surface area (TPSA) is 59.8 Å². The lowest BCUT2D eigenvalue weighted by Crippen LogP contribution is -2.24. The average molecular weight is 407 g/mol. The summed E-state index contributed by atoms with van der Waals surface area (Å²) in [5.74, 6) is 0.155. The van der Waals surface area contributed by atoms with Crippen LogP contribution in [0.4, 0.5) is 0 Å². The van der Waals surface area contributed by atoms with Gasteiger partial charge in [-0.1, -0.05) is 72.4 Å². The minimum atomic E-state index is 0.155. The van der Waals surface area contributed by atoms with Gasteiger partial charge in [-0.25, -0.2) is 0 Å². The van der Waals surface area contributed by atoms with Gasteiger partial charge >= 0.3 is 0 Å². The molecule has 1 rings (SSSR count). The van der Waals surface area contributed by atoms with Crippen molar-refractivity contribution in [3.8, 4) is 0 Å². The van der Waals surface area contributed by atoms with Crippen molar-refractivity contribution in [2.45, 2.75) is 119 Å². The highest BCUT2D eigenvalue weighted by molar-refractivity contribution is 5.75. The van der Waals surface area contributed by atoms with Crippen molar-refractivity contribution in [2.75, 3.05) is 6.54 Å². The molecule has 29 heavy (non-hydrogen) atoms. The van der Waals surface area contributed by atoms with E-state index in [0.717, 1.165) is 44.5 Å². The van der Waals surface area contributed by atoms with E-state index in [1.165, 1.54) is 38.5 Å². The first kappa shape index (κ1) is 25.6. The molecule has 5 heteroatoms. The first-order chi connectivity index (χ1) is 13.6. The van der Waals surface area contributed by atoms with Gasteiger partial charge in [0.05, 0.1) is 5.69 Å². The molecular formula is C24H46N4O. The molecule has 0 radical (unpaired) electrons. The van der Waals surface area contributed by atoms with Gasteiger partial charge in [0.15, 0.2) is 0 Å². The fourth-order valence-electron chi connectivity index (χ4n) is 3.38. The third-order valence-corrected chi connectivity index (χ3v) is 5.16. The Kier molecular flexibility index (Phi) is 11.5. The first-order valence-electron chi connectivity index (χ1n) is 11.7. The van der Waals surface area contributed by atoms with Crippen LogP contribution >= 0.6 is 0 Å². The monoisotopic (exact) mass is 406 g/mol. The van der Waals surface area contributed by atoms with E-state index >= 15 is 0 Å². The molecule has 1 heterocycles. The van der Waals surface area contributed by atoms with Crippen molar-refractivity contribution in [3.05, 3.63) is 11.9 Å². The molecule has 0 aliphatic rings. The number of amides is 1. The molecule has 1 N–H and O–H groups in total. The summed E-state index contributed by atoms with van der Waals surface area (Å²) in [4.78, 5) is 12.0. The SMILES string of the molecule is CC(C)(C)CCCCCCNC(=O)CCCn1cc(CCCCC(C)(C)C)nn1. The molecule has 0 aromatic carbocycles. The van der Waals surface area contributed by atoms with E-state index in [4.69, 9.17) is 0 Å². The summed E-state index contributed by atoms with van der Waals surface area (Å²) in [7, 11) is 0. The number of hydrogen-bond donors (Lipinski definition) is 1. The number of nitrogens with zero attached hydrogens (tertiary/aromatic N) is 3. The van der Waals surface area contributed by atoms with Gasteiger partial charge in [-0.05, 0) is 49.4 Å². The van der Waals surface area contributed by atoms with Gasteiger partial charge in [-0.2, -0.15) is 0 Å². The van der Waals surface area contributed by atoms with E-state index in [1.54, 1.807) is 0 Å². The average Bonchev–Trinajstić information content (AvgIpc) is 3.04. The van der Waals surface area contributed by atoms with E-state index in [0.29, 0.717) is 17.3 Å². The maximum atomic E-state index is 12.0. The fourth-order valence-corrected chi connectivity index (χ4v) is 3.38. The van der Waals surface area contributed by atoms with Crippen molar-refractivity contribution in [3.63, 3.8) is 0 Å². The number of nitrogens with one attached hydrogen (secondary N) is 1. The van der Waals surface area contributed by atoms with Gasteiger partial charge in [-0.15, -0.1) is 5.10 Å². The lowest BCUT2D eigenvalue weighted by molar-refractivity contribution is -0.121. The van der Waals surface area contributed by atoms with Crippen LogP contribution in [0.2, 0.25) is 0 Å². The molecule has 0 aliphatic carbocycles. The van der Waals surface area contributed by atoms with Gasteiger partial charge in [0, 0.05) is 25.7 Å². The second-order valence-corrected chi connectivity index (χ2v) is 10.9. The van der Waals surface area contributed by atoms with Crippen molar-refractivity contribution < 1.29 is 4.79 Å². The Morgan fingerprint density at radius 1 is 0.897 bits per heavy atom. The molecule has 0 saturated carbocycles. The van der Waals surface area contributed by atoms with Crippen molar-refractivity contribution in [2.24, 2.45) is 10.8 Å². The molecular weight excluding hydrogens is 360 g/mol. The summed E-state index contributed by atoms with van der Waals surface area (Å²) < 4.78 is 1.88. The number of rotatable bonds is 14. The number of hydrogen-bond acceptors (Lipinski definition) is 3. The van der Waals surface area contributed by atoms with E-state index in [-0.39, 0.29) is 5.91 Å². The molecule has 1 amide bonds. The third kappa shape index (κ3) is 15.2. The van der Waals surface area contributed by atoms with Crippen molar-refractivity contribution in [1.82, 2.24) is 20.3 Å². The molecule has 0 spiro atoms. The zero-order valence-corrected chi connectivity index (χ0v) is 20.0. The Balaban J connectivity index is 2.03. The highest BCUT2D eigenvalue weighted by Crippen LogP contribution is 2.22. The summed E-state index contributed by atoms with van der Waals surface area (Å²) in [6.07, 6.45) is 14.1. The van der Waals surface area contributed by atoms with Crippen LogP contribution in [-0.4, -0.2) is 27.4 Å². The van der Waals surface area contributed by atoms with E-state index in [9.17, 15) is 4.79 Å². The van der Waals surface area contributed by atoms with E-state index < -0.39 is 0 Å². The highest BCUT2D eigenvalue weighted by Gasteiger charge is 2.10. The molecule has 168 valence electrons. The normalized spacial score (nSPS) is 12.3. The summed E-state index contributed by atoms with van der Waals surface area (Å²) in [6.45, 7) is 15.3. The van der Waals surface area contributed by atoms with Gasteiger partial charge in [-0.3, -0.25) is 9.48 Å². The van der Waals surface area contributed by atoms with Crippen molar-refractivity contribution >= 4 is 5.91 Å². The molecule has 0 bridgehead atoms. The lowest BCUT2D eigenvalue weighted by Gasteiger charge is -2.17. The maximum absolute atomic E-state index is 12.0. The fraction of sp³-hybridized carbons (Fsp3) is 0.875. The third-order valence-electron chi connectivity index (χ3n) is 5.16. The Hall–Kier alpha value is -1.39. The second-order valence-electron chi connectivity index (χ2n) is 10.9. The van der Waals surface area contributed by atoms with Crippen LogP contribution in [0.25, 0.3) is 0 Å². The predicted octanol–water partition coefficient (Wildman–Crippen LogP) is 5.93. The number of aromatic nitrogens is 3. The number of unbranched alkanes of at least 4 members (excludes halogenated alkanes) is 4. The van der Waals surface area contributed by atoms with Gasteiger partial charge < -0.3 is 5.32 Å². The number of carbonyl (C=O) groups excluding carboxylic acids is 1. The smallest absolute Gasteiger partial charge is 0.220 e. The predicted molar refractivity (Wildman–Crippen MR) is 122 cm³/mol. The molecule has 5 nitrogen and oxygen atoms in total. The zero-order chi connectivity index (χ0) is 21.8. The Bertz CT molecular complexity index is 566. The molecule has 0 fully saturated rings. The molecule has 0 atom stereocenters. The maximum Gasteiger partial charge on any atom is 0.220 e. The Morgan fingerprint density at radius 2 is 1.52 bits per heavy atom. The summed E-state index contributed by atoms with van der Waals surface area (Å²) in [5, 5.41) is 11.5. The van der Waals surface area contributed by atoms with Crippen LogP contribution in [0.1, 0.15) is 111 Å².